The van der Waals surface area contributed by atoms with E-state index in [1.54, 1.807) is 0 Å². The van der Waals surface area contributed by atoms with E-state index in [9.17, 15) is 29.4 Å². The van der Waals surface area contributed by atoms with Crippen molar-refractivity contribution < 1.29 is 29.4 Å². The number of rotatable bonds is 11. The zero-order chi connectivity index (χ0) is 20.9. The maximum absolute atomic E-state index is 12.5. The molecule has 0 amide bonds. The molecule has 2 aliphatic heterocycles. The van der Waals surface area contributed by atoms with E-state index < -0.39 is 46.7 Å². The van der Waals surface area contributed by atoms with Crippen molar-refractivity contribution in [3.8, 4) is 0 Å². The van der Waals surface area contributed by atoms with Gasteiger partial charge in [0.1, 0.15) is 0 Å². The maximum atomic E-state index is 12.5. The molecule has 2 saturated heterocycles. The Hall–Kier alpha value is -1.18. The Morgan fingerprint density at radius 3 is 1.43 bits per heavy atom. The summed E-state index contributed by atoms with van der Waals surface area (Å²) in [6, 6.07) is -1.20. The van der Waals surface area contributed by atoms with Gasteiger partial charge in [-0.05, 0) is 38.8 Å². The molecule has 2 fully saturated rings. The lowest BCUT2D eigenvalue weighted by Gasteiger charge is -2.27. The van der Waals surface area contributed by atoms with Crippen LogP contribution in [0.1, 0.15) is 25.7 Å². The molecule has 0 bridgehead atoms. The lowest BCUT2D eigenvalue weighted by Crippen LogP contribution is -2.62. The molecule has 0 saturated carbocycles. The molecule has 8 N–H and O–H groups in total. The summed E-state index contributed by atoms with van der Waals surface area (Å²) in [5.41, 5.74) is 7.57. The second-order valence-electron chi connectivity index (χ2n) is 7.10. The summed E-state index contributed by atoms with van der Waals surface area (Å²) in [6.07, 6.45) is 2.58. The Bertz CT molecular complexity index is 585. The molecule has 0 spiro atoms. The van der Waals surface area contributed by atoms with E-state index in [0.29, 0.717) is 25.9 Å². The molecule has 0 unspecified atom stereocenters. The summed E-state index contributed by atoms with van der Waals surface area (Å²) in [5.74, 6) is -4.63. The van der Waals surface area contributed by atoms with Gasteiger partial charge in [0, 0.05) is 11.5 Å². The van der Waals surface area contributed by atoms with Crippen molar-refractivity contribution in [3.63, 3.8) is 0 Å². The van der Waals surface area contributed by atoms with Gasteiger partial charge in [-0.3, -0.25) is 9.59 Å². The number of hydrogen-bond acceptors (Lipinski definition) is 10. The van der Waals surface area contributed by atoms with Crippen molar-refractivity contribution in [1.29, 1.82) is 0 Å². The molecule has 4 atom stereocenters. The summed E-state index contributed by atoms with van der Waals surface area (Å²) >= 11 is 0. The van der Waals surface area contributed by atoms with E-state index in [-0.39, 0.29) is 11.5 Å². The van der Waals surface area contributed by atoms with Crippen LogP contribution in [0.4, 0.5) is 0 Å². The average Bonchev–Trinajstić information content (AvgIpc) is 3.36. The van der Waals surface area contributed by atoms with Crippen LogP contribution >= 0.6 is 21.6 Å². The van der Waals surface area contributed by atoms with Crippen LogP contribution in [0.25, 0.3) is 0 Å². The van der Waals surface area contributed by atoms with Crippen LogP contribution in [0.15, 0.2) is 0 Å². The fraction of sp³-hybridized carbons (Fsp3) is 0.750. The Balaban J connectivity index is 1.96. The van der Waals surface area contributed by atoms with Gasteiger partial charge in [0.2, 0.25) is 0 Å². The van der Waals surface area contributed by atoms with E-state index in [2.05, 4.69) is 10.6 Å². The molecule has 12 heteroatoms. The molecule has 0 aliphatic carbocycles. The Morgan fingerprint density at radius 1 is 0.821 bits per heavy atom. The van der Waals surface area contributed by atoms with Crippen LogP contribution in [-0.4, -0.2) is 81.5 Å². The number of hydrogen-bond donors (Lipinski definition) is 6. The first-order chi connectivity index (χ1) is 13.1. The zero-order valence-corrected chi connectivity index (χ0v) is 16.9. The minimum Gasteiger partial charge on any atom is -0.480 e. The number of Topliss-reactive ketones (excluding diaryl/α,β-unsaturated/α-hetero) is 2. The van der Waals surface area contributed by atoms with E-state index >= 15 is 0 Å². The van der Waals surface area contributed by atoms with Crippen LogP contribution in [0.3, 0.4) is 0 Å². The quantitative estimate of drug-likeness (QED) is 0.127. The smallest absolute Gasteiger partial charge is 0.332 e. The monoisotopic (exact) mass is 434 g/mol. The number of ketones is 2. The molecule has 0 aromatic rings. The van der Waals surface area contributed by atoms with Crippen LogP contribution in [-0.2, 0) is 19.2 Å². The summed E-state index contributed by atoms with van der Waals surface area (Å²) in [4.78, 5) is 48.3. The topological polar surface area (TPSA) is 185 Å². The average molecular weight is 435 g/mol. The number of nitrogens with one attached hydrogen (secondary N) is 2. The first kappa shape index (κ1) is 23.1. The molecule has 0 radical (unpaired) electrons. The van der Waals surface area contributed by atoms with Crippen molar-refractivity contribution in [2.45, 2.75) is 48.8 Å². The summed E-state index contributed by atoms with van der Waals surface area (Å²) in [5, 5.41) is 24.8. The predicted molar refractivity (Wildman–Crippen MR) is 106 cm³/mol. The molecule has 2 rings (SSSR count). The third-order valence-electron chi connectivity index (χ3n) is 5.05. The van der Waals surface area contributed by atoms with E-state index in [1.807, 2.05) is 0 Å². The maximum Gasteiger partial charge on any atom is 0.332 e. The second kappa shape index (κ2) is 9.55. The summed E-state index contributed by atoms with van der Waals surface area (Å²) in [6.45, 7) is 1.25. The van der Waals surface area contributed by atoms with Gasteiger partial charge in [-0.2, -0.15) is 0 Å². The van der Waals surface area contributed by atoms with Gasteiger partial charge in [0.25, 0.3) is 0 Å². The van der Waals surface area contributed by atoms with Crippen molar-refractivity contribution in [1.82, 2.24) is 10.6 Å². The normalized spacial score (nSPS) is 26.4. The molecule has 0 aromatic carbocycles. The predicted octanol–water partition coefficient (Wildman–Crippen LogP) is -1.43. The first-order valence-electron chi connectivity index (χ1n) is 8.97. The lowest BCUT2D eigenvalue weighted by atomic mass is 9.91. The summed E-state index contributed by atoms with van der Waals surface area (Å²) in [7, 11) is 1.85. The molecule has 10 nitrogen and oxygen atoms in total. The molecule has 28 heavy (non-hydrogen) atoms. The van der Waals surface area contributed by atoms with Gasteiger partial charge >= 0.3 is 11.9 Å². The summed E-state index contributed by atoms with van der Waals surface area (Å²) < 4.78 is 0. The molecule has 2 heterocycles. The molecule has 158 valence electrons. The number of carboxylic acid groups (broad SMARTS) is 2. The van der Waals surface area contributed by atoms with Crippen molar-refractivity contribution in [2.75, 3.05) is 24.6 Å². The highest BCUT2D eigenvalue weighted by atomic mass is 33.1. The molecule has 0 aromatic heterocycles. The highest BCUT2D eigenvalue weighted by Crippen LogP contribution is 2.30. The van der Waals surface area contributed by atoms with E-state index in [4.69, 9.17) is 11.5 Å². The van der Waals surface area contributed by atoms with Crippen LogP contribution in [0.2, 0.25) is 0 Å². The lowest BCUT2D eigenvalue weighted by molar-refractivity contribution is -0.149. The SMILES string of the molecule is N[C@@](CSSC[C@](N)(C(=O)O)C(=O)[C@@H]1CCCN1)(C(=O)O)C(=O)[C@@H]1CCCN1. The standard InChI is InChI=1S/C16H26N4O6S2/c17-15(13(23)24,11(21)9-3-1-5-19-9)7-27-28-8-16(18,14(25)26)12(22)10-4-2-6-20-10/h9-10,19-20H,1-8,17-18H2,(H,23,24)(H,25,26)/t9-,10-,15+,16+/m0/s1. The van der Waals surface area contributed by atoms with Crippen LogP contribution in [0.5, 0.6) is 0 Å². The van der Waals surface area contributed by atoms with Crippen LogP contribution < -0.4 is 22.1 Å². The number of carboxylic acids is 2. The third-order valence-corrected chi connectivity index (χ3v) is 7.57. The minimum absolute atomic E-state index is 0.268. The highest BCUT2D eigenvalue weighted by Gasteiger charge is 2.48. The first-order valence-corrected chi connectivity index (χ1v) is 11.5. The molecular weight excluding hydrogens is 408 g/mol. The Kier molecular flexibility index (Phi) is 7.88. The van der Waals surface area contributed by atoms with Gasteiger partial charge in [0.05, 0.1) is 12.1 Å². The van der Waals surface area contributed by atoms with Crippen molar-refractivity contribution >= 4 is 45.1 Å². The number of carbonyl (C=O) groups is 4. The second-order valence-corrected chi connectivity index (χ2v) is 9.57. The third kappa shape index (κ3) is 4.86. The number of carbonyl (C=O) groups excluding carboxylic acids is 2. The number of aliphatic carboxylic acids is 2. The van der Waals surface area contributed by atoms with Gasteiger partial charge in [-0.15, -0.1) is 0 Å². The van der Waals surface area contributed by atoms with E-state index in [0.717, 1.165) is 34.4 Å². The fourth-order valence-electron chi connectivity index (χ4n) is 3.18. The minimum atomic E-state index is -2.10. The van der Waals surface area contributed by atoms with Crippen LogP contribution in [0, 0.1) is 0 Å². The van der Waals surface area contributed by atoms with E-state index in [1.165, 1.54) is 0 Å². The van der Waals surface area contributed by atoms with Crippen molar-refractivity contribution in [2.24, 2.45) is 11.5 Å². The van der Waals surface area contributed by atoms with Crippen molar-refractivity contribution in [3.05, 3.63) is 0 Å². The highest BCUT2D eigenvalue weighted by molar-refractivity contribution is 8.76. The Morgan fingerprint density at radius 2 is 1.18 bits per heavy atom. The zero-order valence-electron chi connectivity index (χ0n) is 15.3. The largest absolute Gasteiger partial charge is 0.480 e. The Labute approximate surface area is 170 Å². The fourth-order valence-corrected chi connectivity index (χ4v) is 5.87. The van der Waals surface area contributed by atoms with Gasteiger partial charge in [-0.1, -0.05) is 21.6 Å². The number of nitrogens with two attached hydrogens (primary N) is 2. The molecular formula is C16H26N4O6S2. The van der Waals surface area contributed by atoms with Gasteiger partial charge < -0.3 is 32.3 Å². The van der Waals surface area contributed by atoms with Gasteiger partial charge in [0.15, 0.2) is 22.6 Å². The van der Waals surface area contributed by atoms with Gasteiger partial charge in [-0.25, -0.2) is 9.59 Å². The molecule has 2 aliphatic rings.